The van der Waals surface area contributed by atoms with Gasteiger partial charge in [-0.05, 0) is 31.2 Å². The normalized spacial score (nSPS) is 22.3. The van der Waals surface area contributed by atoms with Crippen LogP contribution < -0.4 is 0 Å². The Bertz CT molecular complexity index is 430. The molecule has 6 heteroatoms. The van der Waals surface area contributed by atoms with Gasteiger partial charge in [-0.15, -0.1) is 0 Å². The summed E-state index contributed by atoms with van der Waals surface area (Å²) in [6, 6.07) is 8.36. The molecular formula is C16H21F3O3. The highest BCUT2D eigenvalue weighted by atomic mass is 19.4. The van der Waals surface area contributed by atoms with Gasteiger partial charge in [-0.2, -0.15) is 13.2 Å². The van der Waals surface area contributed by atoms with Gasteiger partial charge in [0.15, 0.2) is 6.29 Å². The minimum atomic E-state index is -4.41. The minimum absolute atomic E-state index is 0.416. The van der Waals surface area contributed by atoms with Gasteiger partial charge >= 0.3 is 6.18 Å². The first-order chi connectivity index (χ1) is 10.5. The van der Waals surface area contributed by atoms with Gasteiger partial charge < -0.3 is 14.6 Å². The van der Waals surface area contributed by atoms with Gasteiger partial charge in [0.25, 0.3) is 0 Å². The molecule has 0 radical (unpaired) electrons. The van der Waals surface area contributed by atoms with Crippen LogP contribution in [-0.4, -0.2) is 30.8 Å². The van der Waals surface area contributed by atoms with E-state index in [-0.39, 0.29) is 0 Å². The van der Waals surface area contributed by atoms with Crippen LogP contribution in [0, 0.1) is 5.92 Å². The number of alkyl halides is 3. The van der Waals surface area contributed by atoms with Gasteiger partial charge in [0.05, 0.1) is 18.6 Å². The van der Waals surface area contributed by atoms with Crippen LogP contribution in [0.4, 0.5) is 13.2 Å². The van der Waals surface area contributed by atoms with Gasteiger partial charge in [-0.1, -0.05) is 30.3 Å². The summed E-state index contributed by atoms with van der Waals surface area (Å²) in [7, 11) is 0. The lowest BCUT2D eigenvalue weighted by atomic mass is 9.97. The quantitative estimate of drug-likeness (QED) is 0.866. The van der Waals surface area contributed by atoms with Crippen LogP contribution >= 0.6 is 0 Å². The molecule has 1 aliphatic rings. The average molecular weight is 318 g/mol. The number of aliphatic hydroxyl groups is 1. The maximum Gasteiger partial charge on any atom is 0.394 e. The molecule has 1 heterocycles. The zero-order valence-electron chi connectivity index (χ0n) is 12.3. The maximum absolute atomic E-state index is 13.1. The van der Waals surface area contributed by atoms with E-state index in [2.05, 4.69) is 0 Å². The van der Waals surface area contributed by atoms with Gasteiger partial charge in [-0.25, -0.2) is 0 Å². The topological polar surface area (TPSA) is 38.7 Å². The highest BCUT2D eigenvalue weighted by Crippen LogP contribution is 2.34. The number of hydrogen-bond acceptors (Lipinski definition) is 3. The monoisotopic (exact) mass is 318 g/mol. The third-order valence-electron chi connectivity index (χ3n) is 3.78. The second-order valence-electron chi connectivity index (χ2n) is 5.53. The molecular weight excluding hydrogens is 297 g/mol. The minimum Gasteiger partial charge on any atom is -0.388 e. The van der Waals surface area contributed by atoms with Crippen LogP contribution in [0.5, 0.6) is 0 Å². The van der Waals surface area contributed by atoms with E-state index in [1.54, 1.807) is 30.3 Å². The third kappa shape index (κ3) is 5.26. The molecule has 0 aliphatic carbocycles. The fourth-order valence-electron chi connectivity index (χ4n) is 2.44. The number of hydrogen-bond donors (Lipinski definition) is 1. The molecule has 1 N–H and O–H groups in total. The first-order valence-electron chi connectivity index (χ1n) is 7.49. The van der Waals surface area contributed by atoms with E-state index in [1.165, 1.54) is 0 Å². The second-order valence-corrected chi connectivity index (χ2v) is 5.53. The van der Waals surface area contributed by atoms with Gasteiger partial charge in [-0.3, -0.25) is 0 Å². The molecule has 2 rings (SSSR count). The van der Waals surface area contributed by atoms with Crippen molar-refractivity contribution >= 4 is 0 Å². The Hall–Kier alpha value is -1.11. The summed E-state index contributed by atoms with van der Waals surface area (Å²) in [5, 5.41) is 10.0. The van der Waals surface area contributed by atoms with Crippen molar-refractivity contribution in [2.75, 3.05) is 13.2 Å². The van der Waals surface area contributed by atoms with Crippen LogP contribution in [0.25, 0.3) is 0 Å². The Labute approximate surface area is 128 Å². The molecule has 1 saturated heterocycles. The van der Waals surface area contributed by atoms with Gasteiger partial charge in [0.2, 0.25) is 0 Å². The first kappa shape index (κ1) is 17.2. The van der Waals surface area contributed by atoms with Gasteiger partial charge in [0.1, 0.15) is 0 Å². The molecule has 1 aromatic carbocycles. The standard InChI is InChI=1S/C16H21F3O3/c17-16(18,19)13(11-22-15-8-4-5-9-21-15)10-14(20)12-6-2-1-3-7-12/h1-3,6-7,13-15,20H,4-5,8-11H2. The van der Waals surface area contributed by atoms with Crippen molar-refractivity contribution < 1.29 is 27.8 Å². The number of benzene rings is 1. The molecule has 0 saturated carbocycles. The lowest BCUT2D eigenvalue weighted by Gasteiger charge is -2.27. The molecule has 3 unspecified atom stereocenters. The van der Waals surface area contributed by atoms with Crippen LogP contribution in [0.15, 0.2) is 30.3 Å². The predicted octanol–water partition coefficient (Wildman–Crippen LogP) is 3.83. The Morgan fingerprint density at radius 2 is 1.95 bits per heavy atom. The molecule has 3 atom stereocenters. The van der Waals surface area contributed by atoms with E-state index in [4.69, 9.17) is 9.47 Å². The Morgan fingerprint density at radius 1 is 1.23 bits per heavy atom. The smallest absolute Gasteiger partial charge is 0.388 e. The SMILES string of the molecule is OC(CC(COC1CCCCO1)C(F)(F)F)c1ccccc1. The first-order valence-corrected chi connectivity index (χ1v) is 7.49. The Morgan fingerprint density at radius 3 is 2.55 bits per heavy atom. The number of rotatable bonds is 6. The second kappa shape index (κ2) is 7.94. The lowest BCUT2D eigenvalue weighted by molar-refractivity contribution is -0.226. The zero-order chi connectivity index (χ0) is 16.0. The van der Waals surface area contributed by atoms with Crippen LogP contribution in [-0.2, 0) is 9.47 Å². The highest BCUT2D eigenvalue weighted by molar-refractivity contribution is 5.17. The summed E-state index contributed by atoms with van der Waals surface area (Å²) in [6.07, 6.45) is -4.13. The van der Waals surface area contributed by atoms with Crippen LogP contribution in [0.2, 0.25) is 0 Å². The number of aliphatic hydroxyl groups excluding tert-OH is 1. The van der Waals surface area contributed by atoms with Crippen molar-refractivity contribution in [3.05, 3.63) is 35.9 Å². The van der Waals surface area contributed by atoms with Crippen LogP contribution in [0.1, 0.15) is 37.4 Å². The third-order valence-corrected chi connectivity index (χ3v) is 3.78. The van der Waals surface area contributed by atoms with Crippen LogP contribution in [0.3, 0.4) is 0 Å². The predicted molar refractivity (Wildman–Crippen MR) is 75.1 cm³/mol. The van der Waals surface area contributed by atoms with E-state index in [0.29, 0.717) is 18.6 Å². The molecule has 1 aliphatic heterocycles. The summed E-state index contributed by atoms with van der Waals surface area (Å²) in [5.41, 5.74) is 0.477. The Kier molecular flexibility index (Phi) is 6.23. The molecule has 1 aromatic rings. The van der Waals surface area contributed by atoms with E-state index in [0.717, 1.165) is 12.8 Å². The number of halogens is 3. The van der Waals surface area contributed by atoms with E-state index >= 15 is 0 Å². The molecule has 3 nitrogen and oxygen atoms in total. The molecule has 0 amide bonds. The molecule has 0 bridgehead atoms. The van der Waals surface area contributed by atoms with Crippen molar-refractivity contribution in [2.24, 2.45) is 5.92 Å². The summed E-state index contributed by atoms with van der Waals surface area (Å²) in [4.78, 5) is 0. The Balaban J connectivity index is 1.91. The number of ether oxygens (including phenoxy) is 2. The van der Waals surface area contributed by atoms with E-state index < -0.39 is 37.5 Å². The van der Waals surface area contributed by atoms with Crippen molar-refractivity contribution in [3.8, 4) is 0 Å². The van der Waals surface area contributed by atoms with Crippen molar-refractivity contribution in [2.45, 2.75) is 44.3 Å². The van der Waals surface area contributed by atoms with Gasteiger partial charge in [0, 0.05) is 6.61 Å². The summed E-state index contributed by atoms with van der Waals surface area (Å²) >= 11 is 0. The summed E-state index contributed by atoms with van der Waals surface area (Å²) in [5.74, 6) is -1.71. The summed E-state index contributed by atoms with van der Waals surface area (Å²) < 4.78 is 49.9. The van der Waals surface area contributed by atoms with E-state index in [9.17, 15) is 18.3 Å². The largest absolute Gasteiger partial charge is 0.394 e. The lowest BCUT2D eigenvalue weighted by Crippen LogP contribution is -2.32. The fourth-order valence-corrected chi connectivity index (χ4v) is 2.44. The zero-order valence-corrected chi connectivity index (χ0v) is 12.3. The molecule has 124 valence electrons. The van der Waals surface area contributed by atoms with Crippen molar-refractivity contribution in [1.29, 1.82) is 0 Å². The molecule has 22 heavy (non-hydrogen) atoms. The van der Waals surface area contributed by atoms with E-state index in [1.807, 2.05) is 0 Å². The molecule has 0 aromatic heterocycles. The van der Waals surface area contributed by atoms with Crippen molar-refractivity contribution in [1.82, 2.24) is 0 Å². The highest BCUT2D eigenvalue weighted by Gasteiger charge is 2.41. The van der Waals surface area contributed by atoms with Crippen molar-refractivity contribution in [3.63, 3.8) is 0 Å². The fraction of sp³-hybridized carbons (Fsp3) is 0.625. The molecule has 1 fully saturated rings. The molecule has 0 spiro atoms. The maximum atomic E-state index is 13.1. The average Bonchev–Trinajstić information content (AvgIpc) is 2.52. The summed E-state index contributed by atoms with van der Waals surface area (Å²) in [6.45, 7) is 0.0338.